The first-order valence-electron chi connectivity index (χ1n) is 10.5. The molecule has 172 valence electrons. The van der Waals surface area contributed by atoms with Crippen molar-refractivity contribution in [1.82, 2.24) is 9.97 Å². The maximum absolute atomic E-state index is 13.4. The number of ketones is 1. The van der Waals surface area contributed by atoms with Crippen molar-refractivity contribution in [3.05, 3.63) is 72.8 Å². The van der Waals surface area contributed by atoms with Gasteiger partial charge in [-0.2, -0.15) is 0 Å². The van der Waals surface area contributed by atoms with Crippen LogP contribution in [0.5, 0.6) is 5.75 Å². The van der Waals surface area contributed by atoms with Crippen molar-refractivity contribution in [3.63, 3.8) is 0 Å². The van der Waals surface area contributed by atoms with E-state index in [9.17, 15) is 18.8 Å². The van der Waals surface area contributed by atoms with Gasteiger partial charge in [0.05, 0.1) is 11.9 Å². The minimum atomic E-state index is -0.700. The average molecular weight is 460 g/mol. The van der Waals surface area contributed by atoms with Gasteiger partial charge in [0.1, 0.15) is 17.2 Å². The van der Waals surface area contributed by atoms with E-state index in [1.54, 1.807) is 37.4 Å². The summed E-state index contributed by atoms with van der Waals surface area (Å²) in [4.78, 5) is 44.8. The Hall–Kier alpha value is -4.53. The summed E-state index contributed by atoms with van der Waals surface area (Å²) in [6.45, 7) is 1.62. The molecule has 2 amide bonds. The Morgan fingerprint density at radius 2 is 1.91 bits per heavy atom. The Morgan fingerprint density at radius 1 is 1.12 bits per heavy atom. The van der Waals surface area contributed by atoms with Crippen LogP contribution >= 0.6 is 0 Å². The number of nitrogens with one attached hydrogen (secondary N) is 2. The number of Topliss-reactive ketones (excluding diaryl/α,β-unsaturated/α-hetero) is 1. The van der Waals surface area contributed by atoms with Gasteiger partial charge in [-0.3, -0.25) is 14.5 Å². The lowest BCUT2D eigenvalue weighted by Crippen LogP contribution is -2.29. The SMILES string of the molecule is CCC(=O)C(=O)Nc1cccc(-c2c[nH]c3ncc(N(C)C(=O)Oc4cccc(F)c4)cc23)c1. The number of halogens is 1. The van der Waals surface area contributed by atoms with E-state index < -0.39 is 23.6 Å². The predicted molar refractivity (Wildman–Crippen MR) is 126 cm³/mol. The number of anilines is 2. The summed E-state index contributed by atoms with van der Waals surface area (Å²) < 4.78 is 18.6. The molecule has 0 radical (unpaired) electrons. The number of aromatic amines is 1. The molecule has 2 aromatic carbocycles. The van der Waals surface area contributed by atoms with Gasteiger partial charge in [0.15, 0.2) is 0 Å². The van der Waals surface area contributed by atoms with Crippen LogP contribution in [-0.4, -0.2) is 34.8 Å². The topological polar surface area (TPSA) is 104 Å². The van der Waals surface area contributed by atoms with E-state index in [0.717, 1.165) is 22.6 Å². The van der Waals surface area contributed by atoms with Crippen LogP contribution in [0.15, 0.2) is 67.0 Å². The molecule has 0 atom stereocenters. The maximum atomic E-state index is 13.4. The number of benzene rings is 2. The zero-order chi connectivity index (χ0) is 24.2. The number of nitrogens with zero attached hydrogens (tertiary/aromatic N) is 2. The van der Waals surface area contributed by atoms with Gasteiger partial charge < -0.3 is 15.0 Å². The molecule has 0 spiro atoms. The number of carbonyl (C=O) groups excluding carboxylic acids is 3. The third kappa shape index (κ3) is 4.78. The Labute approximate surface area is 194 Å². The minimum Gasteiger partial charge on any atom is -0.410 e. The Kier molecular flexibility index (Phi) is 6.35. The van der Waals surface area contributed by atoms with E-state index in [2.05, 4.69) is 15.3 Å². The summed E-state index contributed by atoms with van der Waals surface area (Å²) in [7, 11) is 1.53. The fourth-order valence-corrected chi connectivity index (χ4v) is 3.35. The van der Waals surface area contributed by atoms with Crippen LogP contribution in [0.2, 0.25) is 0 Å². The van der Waals surface area contributed by atoms with Crippen molar-refractivity contribution in [1.29, 1.82) is 0 Å². The highest BCUT2D eigenvalue weighted by Crippen LogP contribution is 2.31. The molecule has 0 aliphatic carbocycles. The fourth-order valence-electron chi connectivity index (χ4n) is 3.35. The number of aromatic nitrogens is 2. The molecule has 0 unspecified atom stereocenters. The molecule has 0 saturated heterocycles. The summed E-state index contributed by atoms with van der Waals surface area (Å²) in [6.07, 6.45) is 2.71. The fraction of sp³-hybridized carbons (Fsp3) is 0.120. The van der Waals surface area contributed by atoms with Crippen LogP contribution in [0.3, 0.4) is 0 Å². The highest BCUT2D eigenvalue weighted by atomic mass is 19.1. The molecule has 4 aromatic rings. The monoisotopic (exact) mass is 460 g/mol. The van der Waals surface area contributed by atoms with E-state index in [1.807, 2.05) is 6.07 Å². The quantitative estimate of drug-likeness (QED) is 0.398. The zero-order valence-electron chi connectivity index (χ0n) is 18.5. The molecule has 4 rings (SSSR count). The first-order chi connectivity index (χ1) is 16.4. The highest BCUT2D eigenvalue weighted by molar-refractivity contribution is 6.40. The summed E-state index contributed by atoms with van der Waals surface area (Å²) >= 11 is 0. The van der Waals surface area contributed by atoms with Crippen LogP contribution in [0.1, 0.15) is 13.3 Å². The van der Waals surface area contributed by atoms with E-state index in [1.165, 1.54) is 36.3 Å². The van der Waals surface area contributed by atoms with E-state index in [-0.39, 0.29) is 12.2 Å². The number of H-pyrrole nitrogens is 1. The predicted octanol–water partition coefficient (Wildman–Crippen LogP) is 4.92. The second-order valence-corrected chi connectivity index (χ2v) is 7.49. The van der Waals surface area contributed by atoms with Crippen LogP contribution in [0.4, 0.5) is 20.6 Å². The lowest BCUT2D eigenvalue weighted by molar-refractivity contribution is -0.134. The smallest absolute Gasteiger partial charge is 0.410 e. The number of pyridine rings is 1. The van der Waals surface area contributed by atoms with E-state index in [4.69, 9.17) is 4.74 Å². The Balaban J connectivity index is 1.60. The molecule has 0 aliphatic heterocycles. The van der Waals surface area contributed by atoms with Crippen LogP contribution in [0, 0.1) is 5.82 Å². The first kappa shape index (κ1) is 22.7. The van der Waals surface area contributed by atoms with E-state index in [0.29, 0.717) is 17.0 Å². The largest absolute Gasteiger partial charge is 0.419 e. The Morgan fingerprint density at radius 3 is 2.68 bits per heavy atom. The number of rotatable bonds is 6. The molecule has 8 nitrogen and oxygen atoms in total. The maximum Gasteiger partial charge on any atom is 0.419 e. The molecule has 0 saturated carbocycles. The molecule has 9 heteroatoms. The minimum absolute atomic E-state index is 0.0913. The summed E-state index contributed by atoms with van der Waals surface area (Å²) in [5, 5.41) is 3.34. The Bertz CT molecular complexity index is 1400. The van der Waals surface area contributed by atoms with Crippen LogP contribution < -0.4 is 15.0 Å². The molecule has 2 heterocycles. The molecule has 2 N–H and O–H groups in total. The second-order valence-electron chi connectivity index (χ2n) is 7.49. The van der Waals surface area contributed by atoms with Crippen molar-refractivity contribution in [2.45, 2.75) is 13.3 Å². The summed E-state index contributed by atoms with van der Waals surface area (Å²) in [5.41, 5.74) is 3.11. The summed E-state index contributed by atoms with van der Waals surface area (Å²) in [6, 6.07) is 14.1. The number of carbonyl (C=O) groups is 3. The van der Waals surface area contributed by atoms with Crippen molar-refractivity contribution in [2.24, 2.45) is 0 Å². The molecule has 0 fully saturated rings. The first-order valence-corrected chi connectivity index (χ1v) is 10.5. The van der Waals surface area contributed by atoms with Gasteiger partial charge in [-0.15, -0.1) is 0 Å². The second kappa shape index (κ2) is 9.53. The third-order valence-electron chi connectivity index (χ3n) is 5.18. The summed E-state index contributed by atoms with van der Waals surface area (Å²) in [5.74, 6) is -1.58. The molecular weight excluding hydrogens is 439 g/mol. The van der Waals surface area contributed by atoms with Crippen molar-refractivity contribution in [3.8, 4) is 16.9 Å². The van der Waals surface area contributed by atoms with Crippen molar-refractivity contribution < 1.29 is 23.5 Å². The van der Waals surface area contributed by atoms with Gasteiger partial charge in [-0.1, -0.05) is 25.1 Å². The van der Waals surface area contributed by atoms with Crippen molar-refractivity contribution >= 4 is 40.2 Å². The van der Waals surface area contributed by atoms with E-state index >= 15 is 0 Å². The highest BCUT2D eigenvalue weighted by Gasteiger charge is 2.17. The lowest BCUT2D eigenvalue weighted by Gasteiger charge is -2.17. The normalized spacial score (nSPS) is 10.7. The molecule has 34 heavy (non-hydrogen) atoms. The zero-order valence-corrected chi connectivity index (χ0v) is 18.5. The number of ether oxygens (including phenoxy) is 1. The van der Waals surface area contributed by atoms with Gasteiger partial charge in [0.2, 0.25) is 5.78 Å². The number of hydrogen-bond donors (Lipinski definition) is 2. The molecular formula is C25H21FN4O4. The van der Waals surface area contributed by atoms with Crippen molar-refractivity contribution in [2.75, 3.05) is 17.3 Å². The lowest BCUT2D eigenvalue weighted by atomic mass is 10.0. The van der Waals surface area contributed by atoms with Gasteiger partial charge in [-0.25, -0.2) is 14.2 Å². The van der Waals surface area contributed by atoms with Gasteiger partial charge in [0.25, 0.3) is 5.91 Å². The van der Waals surface area contributed by atoms with Crippen LogP contribution in [-0.2, 0) is 9.59 Å². The van der Waals surface area contributed by atoms with Gasteiger partial charge >= 0.3 is 6.09 Å². The average Bonchev–Trinajstić information content (AvgIpc) is 3.26. The number of hydrogen-bond acceptors (Lipinski definition) is 5. The van der Waals surface area contributed by atoms with Crippen LogP contribution in [0.25, 0.3) is 22.2 Å². The van der Waals surface area contributed by atoms with Gasteiger partial charge in [0, 0.05) is 42.4 Å². The number of amides is 2. The molecule has 0 bridgehead atoms. The molecule has 2 aromatic heterocycles. The standard InChI is InChI=1S/C25H21FN4O4/c1-3-22(31)24(32)29-17-8-4-6-15(10-17)21-14-28-23-20(21)12-18(13-27-23)30(2)25(33)34-19-9-5-7-16(26)11-19/h4-14H,3H2,1-2H3,(H,27,28)(H,29,32). The number of fused-ring (bicyclic) bond motifs is 1. The molecule has 0 aliphatic rings. The van der Waals surface area contributed by atoms with Gasteiger partial charge in [-0.05, 0) is 35.9 Å². The third-order valence-corrected chi connectivity index (χ3v) is 5.18.